The van der Waals surface area contributed by atoms with Gasteiger partial charge in [0.1, 0.15) is 4.60 Å². The molecule has 12 heavy (non-hydrogen) atoms. The van der Waals surface area contributed by atoms with E-state index >= 15 is 0 Å². The van der Waals surface area contributed by atoms with E-state index in [1.165, 1.54) is 4.90 Å². The van der Waals surface area contributed by atoms with Gasteiger partial charge in [-0.15, -0.1) is 0 Å². The van der Waals surface area contributed by atoms with Crippen LogP contribution in [0.15, 0.2) is 10.8 Å². The van der Waals surface area contributed by atoms with E-state index in [0.29, 0.717) is 10.2 Å². The lowest BCUT2D eigenvalue weighted by Crippen LogP contribution is -2.21. The van der Waals surface area contributed by atoms with Crippen LogP contribution in [0.3, 0.4) is 0 Å². The predicted molar refractivity (Wildman–Crippen MR) is 48.9 cm³/mol. The van der Waals surface area contributed by atoms with Crippen molar-refractivity contribution in [3.8, 4) is 0 Å². The third kappa shape index (κ3) is 1.50. The molecule has 0 aliphatic carbocycles. The van der Waals surface area contributed by atoms with Gasteiger partial charge in [0, 0.05) is 21.1 Å². The molecule has 5 heteroatoms. The maximum absolute atomic E-state index is 11.4. The molecule has 4 nitrogen and oxygen atoms in total. The number of nitrogens with zero attached hydrogens (tertiary/aromatic N) is 3. The Morgan fingerprint density at radius 2 is 2.25 bits per heavy atom. The Balaban J connectivity index is 3.04. The first-order valence-electron chi connectivity index (χ1n) is 3.43. The molecular formula is C7H10BrN3O. The van der Waals surface area contributed by atoms with Crippen LogP contribution in [0.25, 0.3) is 0 Å². The fourth-order valence-electron chi connectivity index (χ4n) is 0.807. The first kappa shape index (κ1) is 9.25. The number of hydrogen-bond donors (Lipinski definition) is 0. The minimum Gasteiger partial charge on any atom is -0.345 e. The first-order valence-corrected chi connectivity index (χ1v) is 4.22. The average molecular weight is 232 g/mol. The summed E-state index contributed by atoms with van der Waals surface area (Å²) < 4.78 is 2.32. The van der Waals surface area contributed by atoms with Crippen LogP contribution in [0.4, 0.5) is 0 Å². The van der Waals surface area contributed by atoms with E-state index in [9.17, 15) is 4.79 Å². The van der Waals surface area contributed by atoms with Gasteiger partial charge < -0.3 is 4.90 Å². The summed E-state index contributed by atoms with van der Waals surface area (Å²) in [5, 5.41) is 3.94. The predicted octanol–water partition coefficient (Wildman–Crippen LogP) is 0.884. The zero-order chi connectivity index (χ0) is 9.30. The van der Waals surface area contributed by atoms with Crippen LogP contribution in [-0.4, -0.2) is 34.7 Å². The Labute approximate surface area is 79.3 Å². The summed E-state index contributed by atoms with van der Waals surface area (Å²) in [7, 11) is 5.19. The summed E-state index contributed by atoms with van der Waals surface area (Å²) >= 11 is 3.27. The van der Waals surface area contributed by atoms with Crippen LogP contribution in [0.5, 0.6) is 0 Å². The van der Waals surface area contributed by atoms with Crippen LogP contribution in [-0.2, 0) is 7.05 Å². The topological polar surface area (TPSA) is 38.1 Å². The normalized spacial score (nSPS) is 10.0. The van der Waals surface area contributed by atoms with Gasteiger partial charge in [-0.05, 0) is 15.9 Å². The first-order chi connectivity index (χ1) is 5.54. The van der Waals surface area contributed by atoms with Crippen LogP contribution in [0, 0.1) is 0 Å². The lowest BCUT2D eigenvalue weighted by molar-refractivity contribution is 0.0826. The van der Waals surface area contributed by atoms with Crippen molar-refractivity contribution >= 4 is 21.8 Å². The molecule has 0 saturated heterocycles. The number of amides is 1. The number of halogens is 1. The zero-order valence-corrected chi connectivity index (χ0v) is 8.79. The van der Waals surface area contributed by atoms with Crippen LogP contribution in [0.2, 0.25) is 0 Å². The maximum Gasteiger partial charge on any atom is 0.257 e. The molecule has 0 unspecified atom stereocenters. The summed E-state index contributed by atoms with van der Waals surface area (Å²) in [6.07, 6.45) is 1.55. The number of hydrogen-bond acceptors (Lipinski definition) is 2. The van der Waals surface area contributed by atoms with Gasteiger partial charge in [-0.25, -0.2) is 0 Å². The van der Waals surface area contributed by atoms with Gasteiger partial charge in [-0.3, -0.25) is 9.48 Å². The Bertz CT molecular complexity index is 306. The molecule has 0 spiro atoms. The van der Waals surface area contributed by atoms with Crippen molar-refractivity contribution in [2.24, 2.45) is 7.05 Å². The van der Waals surface area contributed by atoms with Gasteiger partial charge in [0.15, 0.2) is 0 Å². The Hall–Kier alpha value is -0.840. The number of aromatic nitrogens is 2. The zero-order valence-electron chi connectivity index (χ0n) is 7.21. The number of carbonyl (C=O) groups excluding carboxylic acids is 1. The highest BCUT2D eigenvalue weighted by atomic mass is 79.9. The van der Waals surface area contributed by atoms with Crippen LogP contribution in [0.1, 0.15) is 10.4 Å². The molecule has 0 aliphatic rings. The number of carbonyl (C=O) groups is 1. The molecule has 1 aromatic heterocycles. The molecule has 0 fully saturated rings. The minimum absolute atomic E-state index is 0.0463. The van der Waals surface area contributed by atoms with Crippen molar-refractivity contribution in [2.75, 3.05) is 14.1 Å². The summed E-state index contributed by atoms with van der Waals surface area (Å²) in [6, 6.07) is 0. The highest BCUT2D eigenvalue weighted by Crippen LogP contribution is 2.15. The van der Waals surface area contributed by atoms with Gasteiger partial charge in [0.2, 0.25) is 0 Å². The van der Waals surface area contributed by atoms with Crippen LogP contribution >= 0.6 is 15.9 Å². The summed E-state index contributed by atoms with van der Waals surface area (Å²) in [5.74, 6) is -0.0463. The van der Waals surface area contributed by atoms with Crippen molar-refractivity contribution in [2.45, 2.75) is 0 Å². The Kier molecular flexibility index (Phi) is 2.52. The molecule has 66 valence electrons. The van der Waals surface area contributed by atoms with E-state index in [1.807, 2.05) is 0 Å². The third-order valence-corrected chi connectivity index (χ3v) is 2.44. The van der Waals surface area contributed by atoms with E-state index in [2.05, 4.69) is 21.0 Å². The van der Waals surface area contributed by atoms with E-state index in [1.54, 1.807) is 32.0 Å². The lowest BCUT2D eigenvalue weighted by atomic mass is 10.3. The van der Waals surface area contributed by atoms with Gasteiger partial charge in [0.05, 0.1) is 11.8 Å². The van der Waals surface area contributed by atoms with E-state index in [4.69, 9.17) is 0 Å². The summed E-state index contributed by atoms with van der Waals surface area (Å²) in [5.41, 5.74) is 0.586. The molecule has 1 rings (SSSR count). The van der Waals surface area contributed by atoms with E-state index in [-0.39, 0.29) is 5.91 Å². The van der Waals surface area contributed by atoms with Crippen molar-refractivity contribution in [1.82, 2.24) is 14.7 Å². The standard InChI is InChI=1S/C7H10BrN3O/c1-10(2)7(12)5-4-9-11(3)6(5)8/h4H,1-3H3. The van der Waals surface area contributed by atoms with Gasteiger partial charge in [0.25, 0.3) is 5.91 Å². The number of rotatable bonds is 1. The Morgan fingerprint density at radius 1 is 1.67 bits per heavy atom. The largest absolute Gasteiger partial charge is 0.345 e. The molecule has 0 radical (unpaired) electrons. The van der Waals surface area contributed by atoms with Gasteiger partial charge in [-0.1, -0.05) is 0 Å². The average Bonchev–Trinajstić information content (AvgIpc) is 2.32. The highest BCUT2D eigenvalue weighted by molar-refractivity contribution is 9.10. The van der Waals surface area contributed by atoms with Gasteiger partial charge >= 0.3 is 0 Å². The van der Waals surface area contributed by atoms with Crippen molar-refractivity contribution < 1.29 is 4.79 Å². The fraction of sp³-hybridized carbons (Fsp3) is 0.429. The molecular weight excluding hydrogens is 222 g/mol. The molecule has 1 amide bonds. The van der Waals surface area contributed by atoms with Crippen molar-refractivity contribution in [1.29, 1.82) is 0 Å². The minimum atomic E-state index is -0.0463. The molecule has 0 aliphatic heterocycles. The second kappa shape index (κ2) is 3.26. The van der Waals surface area contributed by atoms with Crippen molar-refractivity contribution in [3.63, 3.8) is 0 Å². The van der Waals surface area contributed by atoms with Gasteiger partial charge in [-0.2, -0.15) is 5.10 Å². The second-order valence-corrected chi connectivity index (χ2v) is 3.42. The summed E-state index contributed by atoms with van der Waals surface area (Å²) in [6.45, 7) is 0. The third-order valence-electron chi connectivity index (χ3n) is 1.50. The van der Waals surface area contributed by atoms with Crippen LogP contribution < -0.4 is 0 Å². The molecule has 0 bridgehead atoms. The quantitative estimate of drug-likeness (QED) is 0.720. The number of aryl methyl sites for hydroxylation is 1. The monoisotopic (exact) mass is 231 g/mol. The molecule has 0 saturated carbocycles. The second-order valence-electron chi connectivity index (χ2n) is 2.67. The van der Waals surface area contributed by atoms with E-state index < -0.39 is 0 Å². The smallest absolute Gasteiger partial charge is 0.257 e. The van der Waals surface area contributed by atoms with Crippen molar-refractivity contribution in [3.05, 3.63) is 16.4 Å². The lowest BCUT2D eigenvalue weighted by Gasteiger charge is -2.08. The molecule has 0 aromatic carbocycles. The Morgan fingerprint density at radius 3 is 2.58 bits per heavy atom. The highest BCUT2D eigenvalue weighted by Gasteiger charge is 2.14. The molecule has 0 N–H and O–H groups in total. The molecule has 0 atom stereocenters. The maximum atomic E-state index is 11.4. The molecule has 1 heterocycles. The fourth-order valence-corrected chi connectivity index (χ4v) is 1.17. The molecule has 1 aromatic rings. The van der Waals surface area contributed by atoms with E-state index in [0.717, 1.165) is 0 Å². The SMILES string of the molecule is CN(C)C(=O)c1cnn(C)c1Br. The summed E-state index contributed by atoms with van der Waals surface area (Å²) in [4.78, 5) is 12.9.